The van der Waals surface area contributed by atoms with Crippen molar-refractivity contribution in [2.24, 2.45) is 0 Å². The highest BCUT2D eigenvalue weighted by atomic mass is 79.9. The van der Waals surface area contributed by atoms with Crippen LogP contribution >= 0.6 is 15.9 Å². The molecule has 24 heavy (non-hydrogen) atoms. The van der Waals surface area contributed by atoms with E-state index in [1.165, 1.54) is 24.0 Å². The number of hydrogen-bond donors (Lipinski definition) is 0. The minimum Gasteiger partial charge on any atom is -0.365 e. The second-order valence-corrected chi connectivity index (χ2v) is 8.04. The lowest BCUT2D eigenvalue weighted by molar-refractivity contribution is -0.0426. The van der Waals surface area contributed by atoms with Gasteiger partial charge in [-0.2, -0.15) is 0 Å². The van der Waals surface area contributed by atoms with Crippen LogP contribution in [0.25, 0.3) is 0 Å². The molecular formula is C21H24BrNO. The summed E-state index contributed by atoms with van der Waals surface area (Å²) in [6.45, 7) is 0. The lowest BCUT2D eigenvalue weighted by Gasteiger charge is -2.38. The van der Waals surface area contributed by atoms with Gasteiger partial charge in [-0.1, -0.05) is 58.4 Å². The Morgan fingerprint density at radius 1 is 0.917 bits per heavy atom. The van der Waals surface area contributed by atoms with Gasteiger partial charge in [0.15, 0.2) is 0 Å². The van der Waals surface area contributed by atoms with Crippen molar-refractivity contribution < 1.29 is 4.74 Å². The monoisotopic (exact) mass is 385 g/mol. The summed E-state index contributed by atoms with van der Waals surface area (Å²) in [7, 11) is 2.28. The average Bonchev–Trinajstić information content (AvgIpc) is 2.83. The van der Waals surface area contributed by atoms with Crippen molar-refractivity contribution in [2.75, 3.05) is 7.05 Å². The second kappa shape index (κ2) is 6.99. The third-order valence-electron chi connectivity index (χ3n) is 5.66. The van der Waals surface area contributed by atoms with Gasteiger partial charge in [0.1, 0.15) is 6.10 Å². The highest BCUT2D eigenvalue weighted by Crippen LogP contribution is 2.38. The Hall–Kier alpha value is -1.16. The van der Waals surface area contributed by atoms with Gasteiger partial charge in [0.05, 0.1) is 6.10 Å². The molecular weight excluding hydrogens is 362 g/mol. The van der Waals surface area contributed by atoms with E-state index in [2.05, 4.69) is 82.5 Å². The maximum Gasteiger partial charge on any atom is 0.108 e. The van der Waals surface area contributed by atoms with Gasteiger partial charge < -0.3 is 9.64 Å². The van der Waals surface area contributed by atoms with Gasteiger partial charge in [-0.15, -0.1) is 0 Å². The van der Waals surface area contributed by atoms with Crippen LogP contribution in [0.15, 0.2) is 59.1 Å². The molecule has 126 valence electrons. The lowest BCUT2D eigenvalue weighted by atomic mass is 9.97. The van der Waals surface area contributed by atoms with E-state index in [9.17, 15) is 0 Å². The smallest absolute Gasteiger partial charge is 0.108 e. The van der Waals surface area contributed by atoms with E-state index in [0.29, 0.717) is 18.2 Å². The molecule has 2 aromatic carbocycles. The molecule has 2 aromatic rings. The van der Waals surface area contributed by atoms with Crippen LogP contribution in [0.3, 0.4) is 0 Å². The van der Waals surface area contributed by atoms with Gasteiger partial charge in [-0.25, -0.2) is 0 Å². The van der Waals surface area contributed by atoms with E-state index in [0.717, 1.165) is 17.3 Å². The summed E-state index contributed by atoms with van der Waals surface area (Å²) in [6, 6.07) is 20.6. The summed E-state index contributed by atoms with van der Waals surface area (Å²) in [4.78, 5) is 2.57. The third-order valence-corrected chi connectivity index (χ3v) is 6.19. The van der Waals surface area contributed by atoms with E-state index < -0.39 is 0 Å². The van der Waals surface area contributed by atoms with Gasteiger partial charge in [-0.05, 0) is 56.0 Å². The van der Waals surface area contributed by atoms with Crippen LogP contribution in [-0.2, 0) is 4.74 Å². The molecule has 0 radical (unpaired) electrons. The molecule has 2 aliphatic rings. The zero-order chi connectivity index (χ0) is 16.5. The molecule has 2 fully saturated rings. The lowest BCUT2D eigenvalue weighted by Crippen LogP contribution is -2.43. The largest absolute Gasteiger partial charge is 0.365 e. The van der Waals surface area contributed by atoms with Crippen molar-refractivity contribution >= 4 is 15.9 Å². The minimum atomic E-state index is 0.0205. The second-order valence-electron chi connectivity index (χ2n) is 7.12. The number of rotatable bonds is 4. The summed E-state index contributed by atoms with van der Waals surface area (Å²) >= 11 is 3.53. The molecule has 3 atom stereocenters. The number of benzene rings is 2. The number of halogens is 1. The predicted octanol–water partition coefficient (Wildman–Crippen LogP) is 5.18. The van der Waals surface area contributed by atoms with E-state index in [4.69, 9.17) is 4.74 Å². The van der Waals surface area contributed by atoms with Crippen LogP contribution in [0, 0.1) is 0 Å². The first-order valence-corrected chi connectivity index (χ1v) is 9.68. The van der Waals surface area contributed by atoms with E-state index in [1.54, 1.807) is 0 Å². The highest BCUT2D eigenvalue weighted by Gasteiger charge is 2.39. The van der Waals surface area contributed by atoms with Crippen LogP contribution in [-0.4, -0.2) is 30.1 Å². The van der Waals surface area contributed by atoms with Gasteiger partial charge >= 0.3 is 0 Å². The number of nitrogens with zero attached hydrogens (tertiary/aromatic N) is 1. The number of ether oxygens (including phenoxy) is 1. The van der Waals surface area contributed by atoms with Crippen LogP contribution in [0.4, 0.5) is 0 Å². The molecule has 3 unspecified atom stereocenters. The Kier molecular flexibility index (Phi) is 4.75. The fourth-order valence-electron chi connectivity index (χ4n) is 4.28. The van der Waals surface area contributed by atoms with E-state index in [-0.39, 0.29) is 6.10 Å². The number of piperidine rings is 1. The first kappa shape index (κ1) is 16.3. The quantitative estimate of drug-likeness (QED) is 0.718. The Morgan fingerprint density at radius 2 is 1.50 bits per heavy atom. The van der Waals surface area contributed by atoms with Crippen LogP contribution in [0.2, 0.25) is 0 Å². The third kappa shape index (κ3) is 3.30. The summed E-state index contributed by atoms with van der Waals surface area (Å²) in [5.41, 5.74) is 2.47. The fraction of sp³-hybridized carbons (Fsp3) is 0.429. The predicted molar refractivity (Wildman–Crippen MR) is 101 cm³/mol. The van der Waals surface area contributed by atoms with Gasteiger partial charge in [0.2, 0.25) is 0 Å². The van der Waals surface area contributed by atoms with E-state index >= 15 is 0 Å². The zero-order valence-electron chi connectivity index (χ0n) is 14.1. The Labute approximate surface area is 153 Å². The maximum absolute atomic E-state index is 6.69. The molecule has 4 rings (SSSR count). The van der Waals surface area contributed by atoms with Crippen LogP contribution in [0.1, 0.15) is 42.9 Å². The summed E-state index contributed by atoms with van der Waals surface area (Å²) in [5.74, 6) is 0. The maximum atomic E-state index is 6.69. The molecule has 3 heteroatoms. The highest BCUT2D eigenvalue weighted by molar-refractivity contribution is 9.10. The SMILES string of the molecule is CN1C2CCC1CC(OC(c1ccccc1)c1ccc(Br)cc1)C2. The molecule has 0 amide bonds. The topological polar surface area (TPSA) is 12.5 Å². The normalized spacial score (nSPS) is 28.0. The van der Waals surface area contributed by atoms with Gasteiger partial charge in [-0.3, -0.25) is 0 Å². The summed E-state index contributed by atoms with van der Waals surface area (Å²) in [6.07, 6.45) is 5.35. The van der Waals surface area contributed by atoms with Crippen LogP contribution in [0.5, 0.6) is 0 Å². The molecule has 0 aliphatic carbocycles. The van der Waals surface area contributed by atoms with Gasteiger partial charge in [0, 0.05) is 16.6 Å². The number of fused-ring (bicyclic) bond motifs is 2. The molecule has 2 bridgehead atoms. The van der Waals surface area contributed by atoms with Gasteiger partial charge in [0.25, 0.3) is 0 Å². The molecule has 2 aliphatic heterocycles. The molecule has 0 saturated carbocycles. The minimum absolute atomic E-state index is 0.0205. The van der Waals surface area contributed by atoms with Crippen molar-refractivity contribution in [3.8, 4) is 0 Å². The first-order chi connectivity index (χ1) is 11.7. The van der Waals surface area contributed by atoms with Crippen molar-refractivity contribution in [3.63, 3.8) is 0 Å². The molecule has 0 N–H and O–H groups in total. The first-order valence-electron chi connectivity index (χ1n) is 8.88. The van der Waals surface area contributed by atoms with Crippen molar-refractivity contribution in [1.29, 1.82) is 0 Å². The van der Waals surface area contributed by atoms with E-state index in [1.807, 2.05) is 0 Å². The number of hydrogen-bond acceptors (Lipinski definition) is 2. The average molecular weight is 386 g/mol. The van der Waals surface area contributed by atoms with Crippen molar-refractivity contribution in [2.45, 2.75) is 50.0 Å². The molecule has 2 saturated heterocycles. The Bertz CT molecular complexity index is 658. The van der Waals surface area contributed by atoms with Crippen LogP contribution < -0.4 is 0 Å². The Balaban J connectivity index is 1.58. The Morgan fingerprint density at radius 3 is 2.12 bits per heavy atom. The van der Waals surface area contributed by atoms with Crippen molar-refractivity contribution in [1.82, 2.24) is 4.90 Å². The zero-order valence-corrected chi connectivity index (χ0v) is 15.7. The standard InChI is InChI=1S/C21H24BrNO/c1-23-18-11-12-19(23)14-20(13-18)24-21(15-5-3-2-4-6-15)16-7-9-17(22)10-8-16/h2-10,18-21H,11-14H2,1H3. The summed E-state index contributed by atoms with van der Waals surface area (Å²) in [5, 5.41) is 0. The molecule has 0 aromatic heterocycles. The summed E-state index contributed by atoms with van der Waals surface area (Å²) < 4.78 is 7.80. The molecule has 0 spiro atoms. The fourth-order valence-corrected chi connectivity index (χ4v) is 4.54. The molecule has 2 heterocycles. The van der Waals surface area contributed by atoms with Crippen molar-refractivity contribution in [3.05, 3.63) is 70.2 Å². The molecule has 2 nitrogen and oxygen atoms in total.